The molecule has 0 radical (unpaired) electrons. The van der Waals surface area contributed by atoms with E-state index >= 15 is 0 Å². The molecule has 1 saturated carbocycles. The van der Waals surface area contributed by atoms with Crippen molar-refractivity contribution in [3.63, 3.8) is 0 Å². The second-order valence-electron chi connectivity index (χ2n) is 4.19. The Balaban J connectivity index is 1.85. The van der Waals surface area contributed by atoms with Gasteiger partial charge < -0.3 is 10.6 Å². The van der Waals surface area contributed by atoms with Crippen LogP contribution in [0.4, 0.5) is 5.69 Å². The maximum Gasteiger partial charge on any atom is 0.232 e. The van der Waals surface area contributed by atoms with Crippen LogP contribution in [0.1, 0.15) is 0 Å². The van der Waals surface area contributed by atoms with E-state index in [-0.39, 0.29) is 17.9 Å². The van der Waals surface area contributed by atoms with Crippen molar-refractivity contribution in [1.29, 1.82) is 0 Å². The molecule has 1 aromatic rings. The maximum absolute atomic E-state index is 11.9. The van der Waals surface area contributed by atoms with Crippen LogP contribution in [-0.4, -0.2) is 18.5 Å². The Bertz CT molecular complexity index is 417. The number of nitrogens with two attached hydrogens (primary N) is 1. The Morgan fingerprint density at radius 2 is 2.00 bits per heavy atom. The zero-order valence-corrected chi connectivity index (χ0v) is 8.82. The molecule has 0 spiro atoms. The third-order valence-electron chi connectivity index (χ3n) is 3.31. The fourth-order valence-electron chi connectivity index (χ4n) is 2.32. The van der Waals surface area contributed by atoms with E-state index in [9.17, 15) is 4.79 Å². The van der Waals surface area contributed by atoms with Crippen LogP contribution < -0.4 is 10.6 Å². The molecule has 78 valence electrons. The van der Waals surface area contributed by atoms with Gasteiger partial charge in [-0.25, -0.2) is 0 Å². The van der Waals surface area contributed by atoms with Crippen molar-refractivity contribution in [2.75, 3.05) is 11.4 Å². The number of hydrogen-bond donors (Lipinski definition) is 1. The molecule has 3 unspecified atom stereocenters. The molecule has 1 aliphatic heterocycles. The van der Waals surface area contributed by atoms with Crippen molar-refractivity contribution in [1.82, 2.24) is 0 Å². The SMILES string of the molecule is NC1C2CN(c3ccc(Cl)cc3)C(=O)C12. The van der Waals surface area contributed by atoms with Crippen LogP contribution in [0.15, 0.2) is 24.3 Å². The molecule has 3 rings (SSSR count). The van der Waals surface area contributed by atoms with Crippen molar-refractivity contribution in [3.8, 4) is 0 Å². The number of halogens is 1. The fraction of sp³-hybridized carbons (Fsp3) is 0.364. The molecule has 1 aliphatic carbocycles. The first-order chi connectivity index (χ1) is 7.18. The van der Waals surface area contributed by atoms with E-state index in [1.807, 2.05) is 12.1 Å². The number of hydrogen-bond acceptors (Lipinski definition) is 2. The van der Waals surface area contributed by atoms with Gasteiger partial charge in [0, 0.05) is 29.2 Å². The van der Waals surface area contributed by atoms with Gasteiger partial charge in [-0.05, 0) is 24.3 Å². The van der Waals surface area contributed by atoms with Gasteiger partial charge in [0.05, 0.1) is 5.92 Å². The number of rotatable bonds is 1. The van der Waals surface area contributed by atoms with Crippen molar-refractivity contribution in [3.05, 3.63) is 29.3 Å². The van der Waals surface area contributed by atoms with Gasteiger partial charge in [0.1, 0.15) is 0 Å². The van der Waals surface area contributed by atoms with Gasteiger partial charge in [0.25, 0.3) is 0 Å². The topological polar surface area (TPSA) is 46.3 Å². The molecule has 1 amide bonds. The highest BCUT2D eigenvalue weighted by Crippen LogP contribution is 2.46. The fourth-order valence-corrected chi connectivity index (χ4v) is 2.44. The lowest BCUT2D eigenvalue weighted by atomic mass is 10.2. The molecule has 0 aromatic heterocycles. The van der Waals surface area contributed by atoms with Crippen LogP contribution in [-0.2, 0) is 4.79 Å². The summed E-state index contributed by atoms with van der Waals surface area (Å²) in [5.74, 6) is 0.601. The average molecular weight is 223 g/mol. The average Bonchev–Trinajstić information content (AvgIpc) is 2.70. The molecule has 1 aromatic carbocycles. The lowest BCUT2D eigenvalue weighted by Gasteiger charge is -2.19. The smallest absolute Gasteiger partial charge is 0.232 e. The number of anilines is 1. The highest BCUT2D eigenvalue weighted by molar-refractivity contribution is 6.30. The molecule has 1 saturated heterocycles. The number of carbonyl (C=O) groups excluding carboxylic acids is 1. The molecule has 1 heterocycles. The molecule has 4 heteroatoms. The first-order valence-electron chi connectivity index (χ1n) is 5.01. The molecular formula is C11H11ClN2O. The van der Waals surface area contributed by atoms with Gasteiger partial charge >= 0.3 is 0 Å². The standard InChI is InChI=1S/C11H11ClN2O/c12-6-1-3-7(4-2-6)14-5-8-9(10(8)13)11(14)15/h1-4,8-10H,5,13H2. The Kier molecular flexibility index (Phi) is 1.82. The zero-order valence-electron chi connectivity index (χ0n) is 8.06. The summed E-state index contributed by atoms with van der Waals surface area (Å²) in [6.45, 7) is 0.756. The van der Waals surface area contributed by atoms with Crippen molar-refractivity contribution in [2.24, 2.45) is 17.6 Å². The van der Waals surface area contributed by atoms with Crippen LogP contribution in [0.3, 0.4) is 0 Å². The number of benzene rings is 1. The molecule has 2 N–H and O–H groups in total. The number of fused-ring (bicyclic) bond motifs is 1. The molecule has 3 atom stereocenters. The molecule has 2 fully saturated rings. The van der Waals surface area contributed by atoms with E-state index in [1.165, 1.54) is 0 Å². The number of nitrogens with zero attached hydrogens (tertiary/aromatic N) is 1. The van der Waals surface area contributed by atoms with E-state index in [1.54, 1.807) is 17.0 Å². The van der Waals surface area contributed by atoms with Gasteiger partial charge in [-0.15, -0.1) is 0 Å². The summed E-state index contributed by atoms with van der Waals surface area (Å²) in [5, 5.41) is 0.687. The van der Waals surface area contributed by atoms with E-state index in [2.05, 4.69) is 0 Å². The number of carbonyl (C=O) groups is 1. The highest BCUT2D eigenvalue weighted by atomic mass is 35.5. The van der Waals surface area contributed by atoms with Crippen LogP contribution >= 0.6 is 11.6 Å². The van der Waals surface area contributed by atoms with Crippen LogP contribution in [0.25, 0.3) is 0 Å². The Hall–Kier alpha value is -1.06. The molecule has 0 bridgehead atoms. The summed E-state index contributed by atoms with van der Waals surface area (Å²) in [4.78, 5) is 13.7. The molecular weight excluding hydrogens is 212 g/mol. The minimum atomic E-state index is 0.0701. The highest BCUT2D eigenvalue weighted by Gasteiger charge is 2.60. The Morgan fingerprint density at radius 3 is 2.53 bits per heavy atom. The van der Waals surface area contributed by atoms with Gasteiger partial charge in [0.2, 0.25) is 5.91 Å². The monoisotopic (exact) mass is 222 g/mol. The number of amides is 1. The van der Waals surface area contributed by atoms with Crippen LogP contribution in [0, 0.1) is 11.8 Å². The molecule has 3 nitrogen and oxygen atoms in total. The van der Waals surface area contributed by atoms with Crippen molar-refractivity contribution < 1.29 is 4.79 Å². The van der Waals surface area contributed by atoms with E-state index in [0.717, 1.165) is 12.2 Å². The molecule has 15 heavy (non-hydrogen) atoms. The Morgan fingerprint density at radius 1 is 1.33 bits per heavy atom. The van der Waals surface area contributed by atoms with E-state index in [4.69, 9.17) is 17.3 Å². The maximum atomic E-state index is 11.9. The minimum Gasteiger partial charge on any atom is -0.327 e. The quantitative estimate of drug-likeness (QED) is 0.778. The second kappa shape index (κ2) is 2.97. The number of piperidine rings is 1. The summed E-state index contributed by atoms with van der Waals surface area (Å²) >= 11 is 5.79. The summed E-state index contributed by atoms with van der Waals surface area (Å²) in [5.41, 5.74) is 6.68. The lowest BCUT2D eigenvalue weighted by Crippen LogP contribution is -2.32. The van der Waals surface area contributed by atoms with Crippen molar-refractivity contribution >= 4 is 23.2 Å². The second-order valence-corrected chi connectivity index (χ2v) is 4.63. The zero-order chi connectivity index (χ0) is 10.6. The first-order valence-corrected chi connectivity index (χ1v) is 5.39. The van der Waals surface area contributed by atoms with E-state index in [0.29, 0.717) is 10.9 Å². The van der Waals surface area contributed by atoms with Gasteiger partial charge in [-0.3, -0.25) is 4.79 Å². The summed E-state index contributed by atoms with van der Waals surface area (Å²) < 4.78 is 0. The van der Waals surface area contributed by atoms with Gasteiger partial charge in [-0.2, -0.15) is 0 Å². The third kappa shape index (κ3) is 1.27. The predicted molar refractivity (Wildman–Crippen MR) is 58.8 cm³/mol. The third-order valence-corrected chi connectivity index (χ3v) is 3.56. The lowest BCUT2D eigenvalue weighted by molar-refractivity contribution is -0.118. The molecule has 2 aliphatic rings. The van der Waals surface area contributed by atoms with Crippen LogP contribution in [0.2, 0.25) is 5.02 Å². The largest absolute Gasteiger partial charge is 0.327 e. The van der Waals surface area contributed by atoms with Crippen molar-refractivity contribution in [2.45, 2.75) is 6.04 Å². The van der Waals surface area contributed by atoms with Crippen LogP contribution in [0.5, 0.6) is 0 Å². The summed E-state index contributed by atoms with van der Waals surface area (Å²) in [7, 11) is 0. The summed E-state index contributed by atoms with van der Waals surface area (Å²) in [6.07, 6.45) is 0. The first kappa shape index (κ1) is 9.19. The summed E-state index contributed by atoms with van der Waals surface area (Å²) in [6, 6.07) is 7.44. The minimum absolute atomic E-state index is 0.0701. The Labute approximate surface area is 92.8 Å². The predicted octanol–water partition coefficient (Wildman–Crippen LogP) is 1.26. The van der Waals surface area contributed by atoms with Gasteiger partial charge in [0.15, 0.2) is 0 Å². The normalized spacial score (nSPS) is 33.1. The van der Waals surface area contributed by atoms with Gasteiger partial charge in [-0.1, -0.05) is 11.6 Å². The van der Waals surface area contributed by atoms with E-state index < -0.39 is 0 Å².